The highest BCUT2D eigenvalue weighted by atomic mass is 32.1. The SMILES string of the molecule is Cc1cc(Nc2ccnc(Nc3ccc(C(=O)N4CCC(N(C)Cc5cncs5)CC4)cc3)n2)ccc1F. The highest BCUT2D eigenvalue weighted by Crippen LogP contribution is 2.23. The molecule has 4 aromatic rings. The Morgan fingerprint density at radius 3 is 2.58 bits per heavy atom. The normalized spacial score (nSPS) is 14.1. The summed E-state index contributed by atoms with van der Waals surface area (Å²) in [6.07, 6.45) is 5.48. The van der Waals surface area contributed by atoms with Crippen molar-refractivity contribution in [2.75, 3.05) is 30.8 Å². The molecule has 1 saturated heterocycles. The molecule has 2 N–H and O–H groups in total. The van der Waals surface area contributed by atoms with Crippen LogP contribution in [0.4, 0.5) is 27.5 Å². The van der Waals surface area contributed by atoms with Crippen molar-refractivity contribution in [2.45, 2.75) is 32.4 Å². The van der Waals surface area contributed by atoms with Crippen molar-refractivity contribution in [3.05, 3.63) is 88.3 Å². The van der Waals surface area contributed by atoms with Crippen LogP contribution < -0.4 is 10.6 Å². The Morgan fingerprint density at radius 2 is 1.87 bits per heavy atom. The first-order chi connectivity index (χ1) is 18.4. The van der Waals surface area contributed by atoms with E-state index in [4.69, 9.17) is 0 Å². The van der Waals surface area contributed by atoms with E-state index in [9.17, 15) is 9.18 Å². The van der Waals surface area contributed by atoms with Gasteiger partial charge in [0.05, 0.1) is 5.51 Å². The lowest BCUT2D eigenvalue weighted by atomic mass is 10.0. The van der Waals surface area contributed by atoms with E-state index in [-0.39, 0.29) is 11.7 Å². The van der Waals surface area contributed by atoms with Crippen molar-refractivity contribution in [3.8, 4) is 0 Å². The maximum atomic E-state index is 13.5. The Bertz CT molecular complexity index is 1370. The number of hydrogen-bond acceptors (Lipinski definition) is 8. The summed E-state index contributed by atoms with van der Waals surface area (Å²) in [5.41, 5.74) is 4.60. The Kier molecular flexibility index (Phi) is 7.90. The summed E-state index contributed by atoms with van der Waals surface area (Å²) in [7, 11) is 2.15. The summed E-state index contributed by atoms with van der Waals surface area (Å²) in [4.78, 5) is 31.6. The minimum atomic E-state index is -0.248. The zero-order chi connectivity index (χ0) is 26.5. The van der Waals surface area contributed by atoms with Gasteiger partial charge in [0.2, 0.25) is 5.95 Å². The molecular weight excluding hydrogens is 501 g/mol. The van der Waals surface area contributed by atoms with E-state index in [1.165, 1.54) is 10.9 Å². The third-order valence-electron chi connectivity index (χ3n) is 6.74. The predicted octanol–water partition coefficient (Wildman–Crippen LogP) is 5.60. The van der Waals surface area contributed by atoms with Gasteiger partial charge in [0.1, 0.15) is 11.6 Å². The summed E-state index contributed by atoms with van der Waals surface area (Å²) in [5.74, 6) is 0.804. The van der Waals surface area contributed by atoms with Crippen molar-refractivity contribution < 1.29 is 9.18 Å². The third kappa shape index (κ3) is 6.32. The van der Waals surface area contributed by atoms with Gasteiger partial charge in [0, 0.05) is 59.9 Å². The Morgan fingerprint density at radius 1 is 1.11 bits per heavy atom. The van der Waals surface area contributed by atoms with Crippen LogP contribution in [0.2, 0.25) is 0 Å². The van der Waals surface area contributed by atoms with Crippen LogP contribution in [0, 0.1) is 12.7 Å². The van der Waals surface area contributed by atoms with Gasteiger partial charge in [-0.3, -0.25) is 14.7 Å². The lowest BCUT2D eigenvalue weighted by molar-refractivity contribution is 0.0640. The minimum Gasteiger partial charge on any atom is -0.340 e. The van der Waals surface area contributed by atoms with Crippen LogP contribution in [-0.2, 0) is 6.54 Å². The summed E-state index contributed by atoms with van der Waals surface area (Å²) < 4.78 is 13.5. The lowest BCUT2D eigenvalue weighted by Gasteiger charge is -2.36. The number of amides is 1. The first kappa shape index (κ1) is 25.7. The van der Waals surface area contributed by atoms with Gasteiger partial charge in [-0.2, -0.15) is 4.98 Å². The van der Waals surface area contributed by atoms with Crippen LogP contribution in [-0.4, -0.2) is 56.8 Å². The van der Waals surface area contributed by atoms with Gasteiger partial charge < -0.3 is 15.5 Å². The molecule has 0 radical (unpaired) electrons. The zero-order valence-electron chi connectivity index (χ0n) is 21.4. The lowest BCUT2D eigenvalue weighted by Crippen LogP contribution is -2.45. The van der Waals surface area contributed by atoms with Crippen molar-refractivity contribution in [3.63, 3.8) is 0 Å². The molecule has 5 rings (SSSR count). The Balaban J connectivity index is 1.15. The molecule has 0 aliphatic carbocycles. The molecule has 0 atom stereocenters. The molecular formula is C28H30FN7OS. The molecule has 10 heteroatoms. The molecule has 0 spiro atoms. The number of aromatic nitrogens is 3. The second kappa shape index (κ2) is 11.7. The van der Waals surface area contributed by atoms with E-state index >= 15 is 0 Å². The Hall–Kier alpha value is -3.89. The average molecular weight is 532 g/mol. The topological polar surface area (TPSA) is 86.3 Å². The molecule has 8 nitrogen and oxygen atoms in total. The molecule has 2 aromatic carbocycles. The first-order valence-electron chi connectivity index (χ1n) is 12.5. The molecule has 0 unspecified atom stereocenters. The fraction of sp³-hybridized carbons (Fsp3) is 0.286. The largest absolute Gasteiger partial charge is 0.340 e. The fourth-order valence-corrected chi connectivity index (χ4v) is 5.23. The van der Waals surface area contributed by atoms with Crippen LogP contribution in [0.25, 0.3) is 0 Å². The standard InChI is InChI=1S/C28H30FN7OS/c1-19-15-22(7-8-25(19)29)32-26-9-12-31-28(34-26)33-21-5-3-20(4-6-21)27(37)36-13-10-23(11-14-36)35(2)17-24-16-30-18-38-24/h3-9,12,15-16,18,23H,10-11,13-14,17H2,1-2H3,(H2,31,32,33,34). The monoisotopic (exact) mass is 531 g/mol. The van der Waals surface area contributed by atoms with Gasteiger partial charge in [-0.05, 0) is 80.9 Å². The number of aryl methyl sites for hydroxylation is 1. The van der Waals surface area contributed by atoms with Crippen molar-refractivity contribution in [1.82, 2.24) is 24.8 Å². The Labute approximate surface area is 225 Å². The van der Waals surface area contributed by atoms with Crippen LogP contribution in [0.3, 0.4) is 0 Å². The minimum absolute atomic E-state index is 0.0529. The number of thiazole rings is 1. The third-order valence-corrected chi connectivity index (χ3v) is 7.50. The number of benzene rings is 2. The number of anilines is 4. The summed E-state index contributed by atoms with van der Waals surface area (Å²) >= 11 is 1.68. The molecule has 3 heterocycles. The maximum Gasteiger partial charge on any atom is 0.253 e. The number of likely N-dealkylation sites (tertiary alicyclic amines) is 1. The van der Waals surface area contributed by atoms with E-state index in [1.54, 1.807) is 42.7 Å². The van der Waals surface area contributed by atoms with E-state index < -0.39 is 0 Å². The maximum absolute atomic E-state index is 13.5. The molecule has 1 aliphatic heterocycles. The van der Waals surface area contributed by atoms with Crippen molar-refractivity contribution >= 4 is 40.4 Å². The highest BCUT2D eigenvalue weighted by molar-refractivity contribution is 7.09. The zero-order valence-corrected chi connectivity index (χ0v) is 22.2. The van der Waals surface area contributed by atoms with Gasteiger partial charge in [0.15, 0.2) is 0 Å². The molecule has 2 aromatic heterocycles. The number of piperidine rings is 1. The highest BCUT2D eigenvalue weighted by Gasteiger charge is 2.26. The molecule has 196 valence electrons. The van der Waals surface area contributed by atoms with E-state index in [1.807, 2.05) is 40.9 Å². The van der Waals surface area contributed by atoms with Gasteiger partial charge in [-0.15, -0.1) is 11.3 Å². The molecule has 0 saturated carbocycles. The van der Waals surface area contributed by atoms with E-state index in [2.05, 4.69) is 37.5 Å². The second-order valence-corrected chi connectivity index (χ2v) is 10.4. The number of carbonyl (C=O) groups is 1. The molecule has 1 amide bonds. The van der Waals surface area contributed by atoms with Gasteiger partial charge in [-0.25, -0.2) is 9.37 Å². The summed E-state index contributed by atoms with van der Waals surface area (Å²) in [5, 5.41) is 6.34. The number of nitrogens with zero attached hydrogens (tertiary/aromatic N) is 5. The van der Waals surface area contributed by atoms with Crippen LogP contribution in [0.1, 0.15) is 33.6 Å². The van der Waals surface area contributed by atoms with Crippen LogP contribution in [0.15, 0.2) is 66.4 Å². The smallest absolute Gasteiger partial charge is 0.253 e. The van der Waals surface area contributed by atoms with E-state index in [0.29, 0.717) is 28.9 Å². The molecule has 1 fully saturated rings. The average Bonchev–Trinajstić information content (AvgIpc) is 3.44. The van der Waals surface area contributed by atoms with Gasteiger partial charge in [0.25, 0.3) is 5.91 Å². The summed E-state index contributed by atoms with van der Waals surface area (Å²) in [6, 6.07) is 14.4. The van der Waals surface area contributed by atoms with Gasteiger partial charge in [-0.1, -0.05) is 0 Å². The summed E-state index contributed by atoms with van der Waals surface area (Å²) in [6.45, 7) is 4.11. The first-order valence-corrected chi connectivity index (χ1v) is 13.4. The van der Waals surface area contributed by atoms with Crippen LogP contribution >= 0.6 is 11.3 Å². The predicted molar refractivity (Wildman–Crippen MR) is 149 cm³/mol. The number of carbonyl (C=O) groups excluding carboxylic acids is 1. The number of hydrogen-bond donors (Lipinski definition) is 2. The fourth-order valence-electron chi connectivity index (χ4n) is 4.57. The number of nitrogens with one attached hydrogen (secondary N) is 2. The molecule has 0 bridgehead atoms. The van der Waals surface area contributed by atoms with E-state index in [0.717, 1.165) is 43.9 Å². The number of rotatable bonds is 8. The molecule has 38 heavy (non-hydrogen) atoms. The van der Waals surface area contributed by atoms with Crippen molar-refractivity contribution in [1.29, 1.82) is 0 Å². The molecule has 1 aliphatic rings. The van der Waals surface area contributed by atoms with Crippen LogP contribution in [0.5, 0.6) is 0 Å². The quantitative estimate of drug-likeness (QED) is 0.306. The van der Waals surface area contributed by atoms with Crippen molar-refractivity contribution in [2.24, 2.45) is 0 Å². The second-order valence-electron chi connectivity index (χ2n) is 9.46. The number of halogens is 1. The van der Waals surface area contributed by atoms with Gasteiger partial charge >= 0.3 is 0 Å².